The van der Waals surface area contributed by atoms with Crippen molar-refractivity contribution in [3.63, 3.8) is 0 Å². The van der Waals surface area contributed by atoms with E-state index >= 15 is 0 Å². The highest BCUT2D eigenvalue weighted by atomic mass is 31.2. The van der Waals surface area contributed by atoms with E-state index in [1.165, 1.54) is 5.48 Å². The zero-order chi connectivity index (χ0) is 9.78. The van der Waals surface area contributed by atoms with Gasteiger partial charge in [-0.3, -0.25) is 9.32 Å². The number of hydrogen-bond donors (Lipinski definition) is 5. The lowest BCUT2D eigenvalue weighted by Gasteiger charge is -2.10. The molecule has 1 atom stereocenters. The Morgan fingerprint density at radius 3 is 2.33 bits per heavy atom. The maximum Gasteiger partial charge on any atom is 0.469 e. The van der Waals surface area contributed by atoms with Crippen LogP contribution in [0.5, 0.6) is 0 Å². The molecule has 0 aliphatic rings. The maximum absolute atomic E-state index is 10.1. The standard InChI is InChI=1S/C3H8NO7P/c5-3(6)2(4-7)1-11-12(8,9)10/h2,4,7H,1H2,(H,5,6)(H2,8,9,10)/t2-/m0/s1. The first kappa shape index (κ1) is 11.5. The van der Waals surface area contributed by atoms with Crippen LogP contribution in [0.1, 0.15) is 0 Å². The molecule has 0 saturated heterocycles. The number of phosphoric ester groups is 1. The molecule has 0 aromatic rings. The third-order valence-electron chi connectivity index (χ3n) is 0.863. The first-order valence-electron chi connectivity index (χ1n) is 2.69. The third-order valence-corrected chi connectivity index (χ3v) is 1.35. The second-order valence-electron chi connectivity index (χ2n) is 1.81. The Hall–Kier alpha value is -0.500. The molecule has 0 rings (SSSR count). The summed E-state index contributed by atoms with van der Waals surface area (Å²) in [5.41, 5.74) is 1.31. The van der Waals surface area contributed by atoms with Gasteiger partial charge in [0.25, 0.3) is 0 Å². The van der Waals surface area contributed by atoms with Crippen molar-refractivity contribution in [3.8, 4) is 0 Å². The fourth-order valence-electron chi connectivity index (χ4n) is 0.335. The van der Waals surface area contributed by atoms with E-state index in [0.29, 0.717) is 0 Å². The van der Waals surface area contributed by atoms with Gasteiger partial charge in [0, 0.05) is 0 Å². The van der Waals surface area contributed by atoms with Crippen LogP contribution in [0.3, 0.4) is 0 Å². The van der Waals surface area contributed by atoms with Gasteiger partial charge in [-0.2, -0.15) is 5.48 Å². The van der Waals surface area contributed by atoms with Gasteiger partial charge in [0.2, 0.25) is 0 Å². The minimum Gasteiger partial charge on any atom is -0.480 e. The quantitative estimate of drug-likeness (QED) is 0.268. The van der Waals surface area contributed by atoms with Gasteiger partial charge in [0.1, 0.15) is 0 Å². The highest BCUT2D eigenvalue weighted by Gasteiger charge is 2.22. The molecule has 0 fully saturated rings. The van der Waals surface area contributed by atoms with Crippen LogP contribution in [0, 0.1) is 0 Å². The molecule has 0 unspecified atom stereocenters. The third kappa shape index (κ3) is 5.19. The summed E-state index contributed by atoms with van der Waals surface area (Å²) in [4.78, 5) is 26.4. The van der Waals surface area contributed by atoms with Crippen molar-refractivity contribution in [2.24, 2.45) is 0 Å². The van der Waals surface area contributed by atoms with Crippen molar-refractivity contribution in [1.29, 1.82) is 0 Å². The molecule has 0 heterocycles. The Kier molecular flexibility index (Phi) is 4.32. The molecule has 72 valence electrons. The van der Waals surface area contributed by atoms with Crippen molar-refractivity contribution in [2.45, 2.75) is 6.04 Å². The largest absolute Gasteiger partial charge is 0.480 e. The van der Waals surface area contributed by atoms with Gasteiger partial charge in [0.05, 0.1) is 6.61 Å². The molecule has 12 heavy (non-hydrogen) atoms. The fraction of sp³-hybridized carbons (Fsp3) is 0.667. The number of hydrogen-bond acceptors (Lipinski definition) is 5. The van der Waals surface area contributed by atoms with Crippen molar-refractivity contribution < 1.29 is 34.0 Å². The molecular formula is C3H8NO7P. The topological polar surface area (TPSA) is 136 Å². The van der Waals surface area contributed by atoms with Crippen LogP contribution in [-0.4, -0.2) is 38.7 Å². The minimum atomic E-state index is -4.69. The van der Waals surface area contributed by atoms with Gasteiger partial charge >= 0.3 is 13.8 Å². The molecular weight excluding hydrogens is 193 g/mol. The Morgan fingerprint density at radius 1 is 1.58 bits per heavy atom. The molecule has 0 aliphatic heterocycles. The lowest BCUT2D eigenvalue weighted by atomic mass is 10.3. The van der Waals surface area contributed by atoms with E-state index in [4.69, 9.17) is 20.1 Å². The summed E-state index contributed by atoms with van der Waals surface area (Å²) in [6.45, 7) is -0.823. The highest BCUT2D eigenvalue weighted by Crippen LogP contribution is 2.35. The van der Waals surface area contributed by atoms with E-state index in [2.05, 4.69) is 4.52 Å². The second kappa shape index (κ2) is 4.51. The lowest BCUT2D eigenvalue weighted by molar-refractivity contribution is -0.143. The molecule has 0 amide bonds. The van der Waals surface area contributed by atoms with Gasteiger partial charge < -0.3 is 20.1 Å². The van der Waals surface area contributed by atoms with E-state index in [1.807, 2.05) is 0 Å². The first-order valence-corrected chi connectivity index (χ1v) is 4.22. The first-order chi connectivity index (χ1) is 5.37. The summed E-state index contributed by atoms with van der Waals surface area (Å²) >= 11 is 0. The normalized spacial score (nSPS) is 14.2. The van der Waals surface area contributed by atoms with Crippen LogP contribution in [-0.2, 0) is 13.9 Å². The number of phosphoric acid groups is 1. The fourth-order valence-corrected chi connectivity index (χ4v) is 0.679. The van der Waals surface area contributed by atoms with Crippen molar-refractivity contribution >= 4 is 13.8 Å². The number of rotatable bonds is 5. The van der Waals surface area contributed by atoms with Gasteiger partial charge in [0.15, 0.2) is 6.04 Å². The lowest BCUT2D eigenvalue weighted by Crippen LogP contribution is -2.38. The van der Waals surface area contributed by atoms with Crippen LogP contribution in [0.15, 0.2) is 0 Å². The summed E-state index contributed by atoms with van der Waals surface area (Å²) in [5, 5.41) is 16.3. The average Bonchev–Trinajstić information content (AvgIpc) is 1.85. The summed E-state index contributed by atoms with van der Waals surface area (Å²) in [5.74, 6) is -1.48. The van der Waals surface area contributed by atoms with E-state index in [0.717, 1.165) is 0 Å². The van der Waals surface area contributed by atoms with Gasteiger partial charge in [-0.25, -0.2) is 4.57 Å². The molecule has 0 aliphatic carbocycles. The predicted molar refractivity (Wildman–Crippen MR) is 34.3 cm³/mol. The van der Waals surface area contributed by atoms with E-state index in [1.54, 1.807) is 0 Å². The van der Waals surface area contributed by atoms with Gasteiger partial charge in [-0.05, 0) is 0 Å². The summed E-state index contributed by atoms with van der Waals surface area (Å²) in [6.07, 6.45) is 0. The van der Waals surface area contributed by atoms with Crippen molar-refractivity contribution in [1.82, 2.24) is 5.48 Å². The molecule has 0 spiro atoms. The van der Waals surface area contributed by atoms with Crippen LogP contribution >= 0.6 is 7.82 Å². The molecule has 0 saturated carbocycles. The van der Waals surface area contributed by atoms with E-state index < -0.39 is 26.4 Å². The SMILES string of the molecule is O=C(O)[C@H](COP(=O)(O)O)NO. The molecule has 9 heteroatoms. The number of carboxylic acid groups (broad SMARTS) is 1. The van der Waals surface area contributed by atoms with E-state index in [-0.39, 0.29) is 0 Å². The molecule has 8 nitrogen and oxygen atoms in total. The Morgan fingerprint density at radius 2 is 2.08 bits per heavy atom. The molecule has 0 radical (unpaired) electrons. The average molecular weight is 201 g/mol. The minimum absolute atomic E-state index is 0.823. The summed E-state index contributed by atoms with van der Waals surface area (Å²) in [6, 6.07) is -1.56. The van der Waals surface area contributed by atoms with Crippen LogP contribution in [0.2, 0.25) is 0 Å². The highest BCUT2D eigenvalue weighted by molar-refractivity contribution is 7.46. The van der Waals surface area contributed by atoms with Gasteiger partial charge in [-0.15, -0.1) is 0 Å². The maximum atomic E-state index is 10.1. The molecule has 0 aromatic carbocycles. The molecule has 5 N–H and O–H groups in total. The van der Waals surface area contributed by atoms with Crippen LogP contribution in [0.25, 0.3) is 0 Å². The number of carboxylic acids is 1. The number of aliphatic carboxylic acids is 1. The number of hydroxylamine groups is 1. The number of carbonyl (C=O) groups is 1. The summed E-state index contributed by atoms with van der Waals surface area (Å²) in [7, 11) is -4.69. The van der Waals surface area contributed by atoms with Crippen LogP contribution in [0.4, 0.5) is 0 Å². The molecule has 0 bridgehead atoms. The van der Waals surface area contributed by atoms with Crippen molar-refractivity contribution in [2.75, 3.05) is 6.61 Å². The Bertz CT molecular complexity index is 199. The Balaban J connectivity index is 3.90. The summed E-state index contributed by atoms with van der Waals surface area (Å²) < 4.78 is 13.9. The Labute approximate surface area is 67.0 Å². The smallest absolute Gasteiger partial charge is 0.469 e. The van der Waals surface area contributed by atoms with Crippen molar-refractivity contribution in [3.05, 3.63) is 0 Å². The van der Waals surface area contributed by atoms with Crippen LogP contribution < -0.4 is 5.48 Å². The number of nitrogens with one attached hydrogen (secondary N) is 1. The molecule has 0 aromatic heterocycles. The zero-order valence-corrected chi connectivity index (χ0v) is 6.64. The van der Waals surface area contributed by atoms with Gasteiger partial charge in [-0.1, -0.05) is 0 Å². The van der Waals surface area contributed by atoms with E-state index in [9.17, 15) is 9.36 Å². The zero-order valence-electron chi connectivity index (χ0n) is 5.75. The second-order valence-corrected chi connectivity index (χ2v) is 3.05. The predicted octanol–water partition coefficient (Wildman–Crippen LogP) is -1.47. The monoisotopic (exact) mass is 201 g/mol.